The molecule has 1 rings (SSSR count). The van der Waals surface area contributed by atoms with Crippen LogP contribution in [0.15, 0.2) is 24.3 Å². The maximum Gasteiger partial charge on any atom is 0.405 e. The van der Waals surface area contributed by atoms with E-state index in [1.807, 2.05) is 32.0 Å². The van der Waals surface area contributed by atoms with Crippen LogP contribution < -0.4 is 11.1 Å². The van der Waals surface area contributed by atoms with E-state index >= 15 is 0 Å². The molecule has 1 aromatic carbocycles. The Labute approximate surface area is 89.1 Å². The van der Waals surface area contributed by atoms with Crippen LogP contribution in [-0.4, -0.2) is 16.7 Å². The summed E-state index contributed by atoms with van der Waals surface area (Å²) < 4.78 is 0. The van der Waals surface area contributed by atoms with Crippen molar-refractivity contribution >= 4 is 11.8 Å². The molecule has 0 aliphatic carbocycles. The molecular formula is C11H16N2O2. The highest BCUT2D eigenvalue weighted by Gasteiger charge is 2.20. The highest BCUT2D eigenvalue weighted by Crippen LogP contribution is 2.14. The Morgan fingerprint density at radius 1 is 1.53 bits per heavy atom. The summed E-state index contributed by atoms with van der Waals surface area (Å²) in [5.41, 5.74) is 6.87. The van der Waals surface area contributed by atoms with Gasteiger partial charge in [-0.2, -0.15) is 0 Å². The molecule has 0 bridgehead atoms. The predicted octanol–water partition coefficient (Wildman–Crippen LogP) is 1.86. The van der Waals surface area contributed by atoms with E-state index in [1.165, 1.54) is 0 Å². The van der Waals surface area contributed by atoms with Crippen LogP contribution in [0, 0.1) is 0 Å². The van der Waals surface area contributed by atoms with Crippen LogP contribution in [0.25, 0.3) is 0 Å². The predicted molar refractivity (Wildman–Crippen MR) is 59.8 cm³/mol. The fourth-order valence-electron chi connectivity index (χ4n) is 1.55. The van der Waals surface area contributed by atoms with Crippen molar-refractivity contribution in [2.45, 2.75) is 25.8 Å². The zero-order chi connectivity index (χ0) is 11.5. The van der Waals surface area contributed by atoms with Gasteiger partial charge in [-0.15, -0.1) is 0 Å². The molecule has 4 heteroatoms. The molecule has 4 N–H and O–H groups in total. The molecule has 0 spiro atoms. The Morgan fingerprint density at radius 2 is 2.20 bits per heavy atom. The number of amides is 1. The average Bonchev–Trinajstić information content (AvgIpc) is 1.99. The summed E-state index contributed by atoms with van der Waals surface area (Å²) in [6.07, 6.45) is -0.395. The Morgan fingerprint density at radius 3 is 2.73 bits per heavy atom. The number of carboxylic acid groups (broad SMARTS) is 1. The van der Waals surface area contributed by atoms with Crippen LogP contribution >= 0.6 is 0 Å². The van der Waals surface area contributed by atoms with E-state index in [0.717, 1.165) is 5.56 Å². The first-order valence-electron chi connectivity index (χ1n) is 4.74. The SMILES string of the molecule is CC(C)(Cc1cccc(N)c1)NC(=O)O. The van der Waals surface area contributed by atoms with Crippen molar-refractivity contribution in [2.24, 2.45) is 0 Å². The van der Waals surface area contributed by atoms with E-state index in [9.17, 15) is 4.79 Å². The van der Waals surface area contributed by atoms with E-state index in [0.29, 0.717) is 12.1 Å². The van der Waals surface area contributed by atoms with Gasteiger partial charge < -0.3 is 16.2 Å². The standard InChI is InChI=1S/C11H16N2O2/c1-11(2,13-10(14)15)7-8-4-3-5-9(12)6-8/h3-6,13H,7,12H2,1-2H3,(H,14,15). The van der Waals surface area contributed by atoms with Crippen LogP contribution in [0.4, 0.5) is 10.5 Å². The van der Waals surface area contributed by atoms with Crippen LogP contribution in [-0.2, 0) is 6.42 Å². The van der Waals surface area contributed by atoms with Gasteiger partial charge in [0.1, 0.15) is 0 Å². The molecule has 15 heavy (non-hydrogen) atoms. The molecule has 0 aromatic heterocycles. The summed E-state index contributed by atoms with van der Waals surface area (Å²) in [6, 6.07) is 7.45. The fraction of sp³-hybridized carbons (Fsp3) is 0.364. The second-order valence-electron chi connectivity index (χ2n) is 4.24. The van der Waals surface area contributed by atoms with Crippen molar-refractivity contribution in [3.8, 4) is 0 Å². The molecule has 0 fully saturated rings. The zero-order valence-electron chi connectivity index (χ0n) is 8.95. The topological polar surface area (TPSA) is 75.3 Å². The number of benzene rings is 1. The number of carbonyl (C=O) groups is 1. The summed E-state index contributed by atoms with van der Waals surface area (Å²) in [6.45, 7) is 3.68. The summed E-state index contributed by atoms with van der Waals surface area (Å²) in [7, 11) is 0. The number of anilines is 1. The number of rotatable bonds is 3. The lowest BCUT2D eigenvalue weighted by Crippen LogP contribution is -2.44. The van der Waals surface area contributed by atoms with Gasteiger partial charge in [-0.25, -0.2) is 4.79 Å². The Kier molecular flexibility index (Phi) is 3.19. The van der Waals surface area contributed by atoms with E-state index in [-0.39, 0.29) is 0 Å². The first kappa shape index (κ1) is 11.4. The number of nitrogens with two attached hydrogens (primary N) is 1. The summed E-state index contributed by atoms with van der Waals surface area (Å²) in [5, 5.41) is 11.1. The lowest BCUT2D eigenvalue weighted by molar-refractivity contribution is 0.182. The van der Waals surface area contributed by atoms with Crippen molar-refractivity contribution in [1.29, 1.82) is 0 Å². The van der Waals surface area contributed by atoms with Crippen molar-refractivity contribution in [3.05, 3.63) is 29.8 Å². The lowest BCUT2D eigenvalue weighted by Gasteiger charge is -2.24. The molecule has 0 heterocycles. The summed E-state index contributed by atoms with van der Waals surface area (Å²) >= 11 is 0. The van der Waals surface area contributed by atoms with Crippen LogP contribution in [0.2, 0.25) is 0 Å². The molecule has 0 aliphatic heterocycles. The van der Waals surface area contributed by atoms with Crippen LogP contribution in [0.1, 0.15) is 19.4 Å². The largest absolute Gasteiger partial charge is 0.465 e. The van der Waals surface area contributed by atoms with Gasteiger partial charge in [0, 0.05) is 11.2 Å². The van der Waals surface area contributed by atoms with Crippen LogP contribution in [0.5, 0.6) is 0 Å². The zero-order valence-corrected chi connectivity index (χ0v) is 8.95. The third-order valence-corrected chi connectivity index (χ3v) is 2.04. The number of nitrogen functional groups attached to an aromatic ring is 1. The van der Waals surface area contributed by atoms with Crippen molar-refractivity contribution in [1.82, 2.24) is 5.32 Å². The van der Waals surface area contributed by atoms with Gasteiger partial charge in [-0.1, -0.05) is 12.1 Å². The van der Waals surface area contributed by atoms with Gasteiger partial charge in [-0.3, -0.25) is 0 Å². The van der Waals surface area contributed by atoms with Crippen molar-refractivity contribution in [2.75, 3.05) is 5.73 Å². The monoisotopic (exact) mass is 208 g/mol. The minimum atomic E-state index is -1.01. The number of hydrogen-bond acceptors (Lipinski definition) is 2. The minimum Gasteiger partial charge on any atom is -0.465 e. The van der Waals surface area contributed by atoms with Crippen LogP contribution in [0.3, 0.4) is 0 Å². The van der Waals surface area contributed by atoms with Gasteiger partial charge in [-0.05, 0) is 38.0 Å². The molecule has 1 amide bonds. The molecule has 0 aliphatic rings. The Balaban J connectivity index is 2.72. The quantitative estimate of drug-likeness (QED) is 0.663. The summed E-state index contributed by atoms with van der Waals surface area (Å²) in [5.74, 6) is 0. The smallest absolute Gasteiger partial charge is 0.405 e. The summed E-state index contributed by atoms with van der Waals surface area (Å²) in [4.78, 5) is 10.5. The molecular weight excluding hydrogens is 192 g/mol. The van der Waals surface area contributed by atoms with E-state index in [4.69, 9.17) is 10.8 Å². The Bertz CT molecular complexity index is 361. The first-order chi connectivity index (χ1) is 6.89. The minimum absolute atomic E-state index is 0.486. The molecule has 82 valence electrons. The molecule has 0 unspecified atom stereocenters. The second kappa shape index (κ2) is 4.21. The highest BCUT2D eigenvalue weighted by atomic mass is 16.4. The molecule has 0 saturated carbocycles. The fourth-order valence-corrected chi connectivity index (χ4v) is 1.55. The van der Waals surface area contributed by atoms with E-state index < -0.39 is 11.6 Å². The molecule has 0 radical (unpaired) electrons. The number of nitrogens with one attached hydrogen (secondary N) is 1. The highest BCUT2D eigenvalue weighted by molar-refractivity contribution is 5.65. The second-order valence-corrected chi connectivity index (χ2v) is 4.24. The Hall–Kier alpha value is -1.71. The molecule has 4 nitrogen and oxygen atoms in total. The molecule has 0 atom stereocenters. The third kappa shape index (κ3) is 3.89. The van der Waals surface area contributed by atoms with Gasteiger partial charge in [0.2, 0.25) is 0 Å². The average molecular weight is 208 g/mol. The van der Waals surface area contributed by atoms with Gasteiger partial charge in [0.15, 0.2) is 0 Å². The van der Waals surface area contributed by atoms with Gasteiger partial charge in [0.25, 0.3) is 0 Å². The van der Waals surface area contributed by atoms with Crippen molar-refractivity contribution in [3.63, 3.8) is 0 Å². The first-order valence-corrected chi connectivity index (χ1v) is 4.74. The lowest BCUT2D eigenvalue weighted by atomic mass is 9.95. The van der Waals surface area contributed by atoms with E-state index in [1.54, 1.807) is 6.07 Å². The van der Waals surface area contributed by atoms with E-state index in [2.05, 4.69) is 5.32 Å². The maximum absolute atomic E-state index is 10.5. The third-order valence-electron chi connectivity index (χ3n) is 2.04. The normalized spacial score (nSPS) is 11.1. The molecule has 1 aromatic rings. The van der Waals surface area contributed by atoms with Crippen molar-refractivity contribution < 1.29 is 9.90 Å². The molecule has 0 saturated heterocycles. The maximum atomic E-state index is 10.5. The number of hydrogen-bond donors (Lipinski definition) is 3. The van der Waals surface area contributed by atoms with Gasteiger partial charge in [0.05, 0.1) is 0 Å². The van der Waals surface area contributed by atoms with Gasteiger partial charge >= 0.3 is 6.09 Å².